The number of carbonyl (C=O) groups is 1. The first kappa shape index (κ1) is 12.1. The Morgan fingerprint density at radius 1 is 1.40 bits per heavy atom. The van der Waals surface area contributed by atoms with Crippen molar-refractivity contribution in [3.05, 3.63) is 24.3 Å². The average Bonchev–Trinajstić information content (AvgIpc) is 2.27. The van der Waals surface area contributed by atoms with E-state index in [4.69, 9.17) is 5.11 Å². The Hall–Kier alpha value is -1.00. The summed E-state index contributed by atoms with van der Waals surface area (Å²) in [4.78, 5) is 12.5. The molecule has 0 saturated heterocycles. The molecule has 0 aliphatic rings. The molecule has 1 aromatic carbocycles. The molecular weight excluding hydrogens is 210 g/mol. The third-order valence-corrected chi connectivity index (χ3v) is 2.68. The molecule has 0 radical (unpaired) electrons. The standard InChI is InChI=1S/C11H15NO2S/c1-15-10-6-4-9(5-7-10)12-11(14)3-2-8-13/h4-7,13H,2-3,8H2,1H3,(H,12,14). The number of thioether (sulfide) groups is 1. The SMILES string of the molecule is CSc1ccc(NC(=O)CCCO)cc1. The summed E-state index contributed by atoms with van der Waals surface area (Å²) in [5, 5.41) is 11.3. The van der Waals surface area contributed by atoms with Crippen molar-refractivity contribution in [2.75, 3.05) is 18.2 Å². The molecule has 3 nitrogen and oxygen atoms in total. The molecule has 0 spiro atoms. The largest absolute Gasteiger partial charge is 0.396 e. The molecule has 1 aromatic rings. The van der Waals surface area contributed by atoms with E-state index in [1.165, 1.54) is 4.90 Å². The molecule has 0 aromatic heterocycles. The Balaban J connectivity index is 2.46. The van der Waals surface area contributed by atoms with Crippen molar-refractivity contribution >= 4 is 23.4 Å². The van der Waals surface area contributed by atoms with Gasteiger partial charge >= 0.3 is 0 Å². The Labute approximate surface area is 93.9 Å². The maximum absolute atomic E-state index is 11.3. The lowest BCUT2D eigenvalue weighted by molar-refractivity contribution is -0.116. The summed E-state index contributed by atoms with van der Waals surface area (Å²) in [5.41, 5.74) is 0.802. The van der Waals surface area contributed by atoms with Crippen molar-refractivity contribution in [2.45, 2.75) is 17.7 Å². The molecule has 4 heteroatoms. The number of amides is 1. The Morgan fingerprint density at radius 2 is 2.07 bits per heavy atom. The van der Waals surface area contributed by atoms with Gasteiger partial charge in [0.25, 0.3) is 0 Å². The molecule has 0 aliphatic heterocycles. The molecule has 0 heterocycles. The van der Waals surface area contributed by atoms with Gasteiger partial charge in [-0.1, -0.05) is 0 Å². The molecule has 1 rings (SSSR count). The minimum absolute atomic E-state index is 0.0544. The number of hydrogen-bond donors (Lipinski definition) is 2. The first-order valence-electron chi connectivity index (χ1n) is 4.81. The zero-order valence-electron chi connectivity index (χ0n) is 8.69. The fourth-order valence-electron chi connectivity index (χ4n) is 1.14. The summed E-state index contributed by atoms with van der Waals surface area (Å²) in [5.74, 6) is -0.0547. The third-order valence-electron chi connectivity index (χ3n) is 1.94. The molecule has 0 saturated carbocycles. The molecule has 0 aliphatic carbocycles. The van der Waals surface area contributed by atoms with E-state index in [0.29, 0.717) is 12.8 Å². The van der Waals surface area contributed by atoms with Crippen LogP contribution >= 0.6 is 11.8 Å². The summed E-state index contributed by atoms with van der Waals surface area (Å²) in [6, 6.07) is 7.68. The minimum atomic E-state index is -0.0547. The van der Waals surface area contributed by atoms with Crippen LogP contribution in [-0.4, -0.2) is 23.9 Å². The number of hydrogen-bond acceptors (Lipinski definition) is 3. The quantitative estimate of drug-likeness (QED) is 0.755. The summed E-state index contributed by atoms with van der Waals surface area (Å²) >= 11 is 1.66. The minimum Gasteiger partial charge on any atom is -0.396 e. The molecule has 0 atom stereocenters. The van der Waals surface area contributed by atoms with E-state index in [1.807, 2.05) is 30.5 Å². The van der Waals surface area contributed by atoms with Gasteiger partial charge in [0.15, 0.2) is 0 Å². The van der Waals surface area contributed by atoms with Crippen LogP contribution in [-0.2, 0) is 4.79 Å². The second-order valence-electron chi connectivity index (χ2n) is 3.10. The van der Waals surface area contributed by atoms with Gasteiger partial charge in [0.1, 0.15) is 0 Å². The van der Waals surface area contributed by atoms with Gasteiger partial charge in [0, 0.05) is 23.6 Å². The van der Waals surface area contributed by atoms with Crippen LogP contribution in [0.25, 0.3) is 0 Å². The molecule has 0 bridgehead atoms. The van der Waals surface area contributed by atoms with Gasteiger partial charge in [-0.2, -0.15) is 0 Å². The summed E-state index contributed by atoms with van der Waals surface area (Å²) < 4.78 is 0. The zero-order valence-corrected chi connectivity index (χ0v) is 9.51. The Morgan fingerprint density at radius 3 is 2.60 bits per heavy atom. The highest BCUT2D eigenvalue weighted by Gasteiger charge is 2.01. The van der Waals surface area contributed by atoms with E-state index in [-0.39, 0.29) is 12.5 Å². The molecule has 0 unspecified atom stereocenters. The molecule has 2 N–H and O–H groups in total. The van der Waals surface area contributed by atoms with Gasteiger partial charge in [-0.25, -0.2) is 0 Å². The van der Waals surface area contributed by atoms with Crippen molar-refractivity contribution in [3.63, 3.8) is 0 Å². The zero-order chi connectivity index (χ0) is 11.1. The van der Waals surface area contributed by atoms with Gasteiger partial charge in [-0.15, -0.1) is 11.8 Å². The highest BCUT2D eigenvalue weighted by Crippen LogP contribution is 2.17. The first-order valence-corrected chi connectivity index (χ1v) is 6.03. The van der Waals surface area contributed by atoms with Crippen molar-refractivity contribution in [2.24, 2.45) is 0 Å². The van der Waals surface area contributed by atoms with E-state index in [0.717, 1.165) is 5.69 Å². The lowest BCUT2D eigenvalue weighted by Crippen LogP contribution is -2.11. The Kier molecular flexibility index (Phi) is 5.21. The van der Waals surface area contributed by atoms with Crippen molar-refractivity contribution in [3.8, 4) is 0 Å². The normalized spacial score (nSPS) is 10.0. The second kappa shape index (κ2) is 6.48. The maximum Gasteiger partial charge on any atom is 0.224 e. The second-order valence-corrected chi connectivity index (χ2v) is 3.98. The van der Waals surface area contributed by atoms with Crippen molar-refractivity contribution in [1.82, 2.24) is 0 Å². The molecule has 15 heavy (non-hydrogen) atoms. The molecule has 0 fully saturated rings. The highest BCUT2D eigenvalue weighted by molar-refractivity contribution is 7.98. The highest BCUT2D eigenvalue weighted by atomic mass is 32.2. The van der Waals surface area contributed by atoms with E-state index in [2.05, 4.69) is 5.32 Å². The van der Waals surface area contributed by atoms with Crippen LogP contribution in [0.15, 0.2) is 29.2 Å². The van der Waals surface area contributed by atoms with Crippen LogP contribution in [0.3, 0.4) is 0 Å². The number of nitrogens with one attached hydrogen (secondary N) is 1. The topological polar surface area (TPSA) is 49.3 Å². The van der Waals surface area contributed by atoms with Crippen molar-refractivity contribution in [1.29, 1.82) is 0 Å². The molecule has 1 amide bonds. The third kappa shape index (κ3) is 4.36. The number of carbonyl (C=O) groups excluding carboxylic acids is 1. The average molecular weight is 225 g/mol. The van der Waals surface area contributed by atoms with Gasteiger partial charge in [-0.05, 0) is 36.9 Å². The monoisotopic (exact) mass is 225 g/mol. The van der Waals surface area contributed by atoms with Gasteiger partial charge < -0.3 is 10.4 Å². The van der Waals surface area contributed by atoms with Gasteiger partial charge in [-0.3, -0.25) is 4.79 Å². The predicted octanol–water partition coefficient (Wildman–Crippen LogP) is 2.12. The molecular formula is C11H15NO2S. The fraction of sp³-hybridized carbons (Fsp3) is 0.364. The van der Waals surface area contributed by atoms with Crippen molar-refractivity contribution < 1.29 is 9.90 Å². The summed E-state index contributed by atoms with van der Waals surface area (Å²) in [6.45, 7) is 0.0544. The maximum atomic E-state index is 11.3. The van der Waals surface area contributed by atoms with E-state index in [1.54, 1.807) is 11.8 Å². The van der Waals surface area contributed by atoms with Gasteiger partial charge in [0.2, 0.25) is 5.91 Å². The van der Waals surface area contributed by atoms with Crippen LogP contribution in [0.4, 0.5) is 5.69 Å². The van der Waals surface area contributed by atoms with Crippen LogP contribution in [0.1, 0.15) is 12.8 Å². The van der Waals surface area contributed by atoms with Crippen LogP contribution < -0.4 is 5.32 Å². The fourth-order valence-corrected chi connectivity index (χ4v) is 1.55. The smallest absolute Gasteiger partial charge is 0.224 e. The predicted molar refractivity (Wildman–Crippen MR) is 63.2 cm³/mol. The lowest BCUT2D eigenvalue weighted by Gasteiger charge is -2.04. The summed E-state index contributed by atoms with van der Waals surface area (Å²) in [6.07, 6.45) is 2.88. The van der Waals surface area contributed by atoms with E-state index < -0.39 is 0 Å². The first-order chi connectivity index (χ1) is 7.26. The summed E-state index contributed by atoms with van der Waals surface area (Å²) in [7, 11) is 0. The Bertz CT molecular complexity index is 311. The van der Waals surface area contributed by atoms with Crippen LogP contribution in [0.2, 0.25) is 0 Å². The number of anilines is 1. The number of rotatable bonds is 5. The van der Waals surface area contributed by atoms with E-state index in [9.17, 15) is 4.79 Å². The van der Waals surface area contributed by atoms with Crippen LogP contribution in [0.5, 0.6) is 0 Å². The van der Waals surface area contributed by atoms with E-state index >= 15 is 0 Å². The lowest BCUT2D eigenvalue weighted by atomic mass is 10.3. The van der Waals surface area contributed by atoms with Gasteiger partial charge in [0.05, 0.1) is 0 Å². The molecule has 82 valence electrons. The number of benzene rings is 1. The van der Waals surface area contributed by atoms with Crippen LogP contribution in [0, 0.1) is 0 Å². The number of aliphatic hydroxyl groups is 1. The number of aliphatic hydroxyl groups excluding tert-OH is 1.